The van der Waals surface area contributed by atoms with Gasteiger partial charge in [-0.25, -0.2) is 0 Å². The van der Waals surface area contributed by atoms with Crippen molar-refractivity contribution in [3.8, 4) is 0 Å². The van der Waals surface area contributed by atoms with E-state index in [9.17, 15) is 5.11 Å². The van der Waals surface area contributed by atoms with E-state index in [2.05, 4.69) is 13.8 Å². The van der Waals surface area contributed by atoms with E-state index in [1.807, 2.05) is 0 Å². The van der Waals surface area contributed by atoms with Gasteiger partial charge >= 0.3 is 0 Å². The molecule has 0 aromatic rings. The van der Waals surface area contributed by atoms with Gasteiger partial charge in [0.15, 0.2) is 0 Å². The van der Waals surface area contributed by atoms with Gasteiger partial charge < -0.3 is 9.84 Å². The minimum Gasteiger partial charge on any atom is -0.390 e. The van der Waals surface area contributed by atoms with Crippen LogP contribution in [0.25, 0.3) is 0 Å². The lowest BCUT2D eigenvalue weighted by molar-refractivity contribution is -0.277. The van der Waals surface area contributed by atoms with Gasteiger partial charge in [0.25, 0.3) is 0 Å². The van der Waals surface area contributed by atoms with Gasteiger partial charge in [-0.1, -0.05) is 13.8 Å². The highest BCUT2D eigenvalue weighted by Crippen LogP contribution is 2.55. The molecular weight excluding hydrogens is 176 g/mol. The molecule has 5 atom stereocenters. The summed E-state index contributed by atoms with van der Waals surface area (Å²) in [5.41, 5.74) is 0.121. The number of aliphatic hydroxyl groups excluding tert-OH is 1. The summed E-state index contributed by atoms with van der Waals surface area (Å²) in [6.07, 6.45) is 4.67. The molecule has 2 heteroatoms. The van der Waals surface area contributed by atoms with Crippen molar-refractivity contribution in [3.63, 3.8) is 0 Å². The van der Waals surface area contributed by atoms with E-state index in [1.54, 1.807) is 0 Å². The molecule has 0 aromatic carbocycles. The third kappa shape index (κ3) is 1.04. The predicted octanol–water partition coefficient (Wildman–Crippen LogP) is 1.96. The third-order valence-electron chi connectivity index (χ3n) is 4.75. The molecule has 2 saturated heterocycles. The van der Waals surface area contributed by atoms with E-state index in [-0.39, 0.29) is 17.8 Å². The highest BCUT2D eigenvalue weighted by atomic mass is 16.5. The van der Waals surface area contributed by atoms with Gasteiger partial charge in [-0.3, -0.25) is 0 Å². The zero-order valence-corrected chi connectivity index (χ0v) is 9.07. The van der Waals surface area contributed by atoms with Crippen molar-refractivity contribution in [1.29, 1.82) is 0 Å². The third-order valence-corrected chi connectivity index (χ3v) is 4.75. The SMILES string of the molecule is CC(C)[C@]12CC3C[C@@H](C[C@@H](O1)[C@@H]3O)C2. The smallest absolute Gasteiger partial charge is 0.0847 e. The van der Waals surface area contributed by atoms with E-state index in [4.69, 9.17) is 4.74 Å². The highest BCUT2D eigenvalue weighted by molar-refractivity contribution is 5.06. The van der Waals surface area contributed by atoms with Crippen molar-refractivity contribution in [2.75, 3.05) is 0 Å². The van der Waals surface area contributed by atoms with Crippen molar-refractivity contribution in [1.82, 2.24) is 0 Å². The Balaban J connectivity index is 1.92. The Bertz CT molecular complexity index is 233. The largest absolute Gasteiger partial charge is 0.390 e. The second-order valence-electron chi connectivity index (χ2n) is 5.87. The maximum absolute atomic E-state index is 10.00. The Labute approximate surface area is 85.6 Å². The summed E-state index contributed by atoms with van der Waals surface area (Å²) in [6.45, 7) is 4.53. The molecule has 14 heavy (non-hydrogen) atoms. The fraction of sp³-hybridized carbons (Fsp3) is 1.00. The molecule has 0 radical (unpaired) electrons. The summed E-state index contributed by atoms with van der Waals surface area (Å²) in [5, 5.41) is 10.00. The van der Waals surface area contributed by atoms with Crippen LogP contribution in [-0.2, 0) is 4.74 Å². The molecule has 0 spiro atoms. The summed E-state index contributed by atoms with van der Waals surface area (Å²) < 4.78 is 6.13. The monoisotopic (exact) mass is 196 g/mol. The van der Waals surface area contributed by atoms with Crippen molar-refractivity contribution in [3.05, 3.63) is 0 Å². The standard InChI is InChI=1S/C12H20O2/c1-7(2)12-5-8-3-9(6-12)11(13)10(4-8)14-12/h7-11,13H,3-6H2,1-2H3/t8-,9?,10+,11+,12-/m0/s1. The molecule has 80 valence electrons. The topological polar surface area (TPSA) is 29.5 Å². The Morgan fingerprint density at radius 1 is 1.29 bits per heavy atom. The molecule has 2 saturated carbocycles. The first-order valence-electron chi connectivity index (χ1n) is 5.96. The van der Waals surface area contributed by atoms with Gasteiger partial charge in [-0.2, -0.15) is 0 Å². The first-order chi connectivity index (χ1) is 6.61. The fourth-order valence-corrected chi connectivity index (χ4v) is 3.94. The average Bonchev–Trinajstić information content (AvgIpc) is 2.12. The summed E-state index contributed by atoms with van der Waals surface area (Å²) in [5.74, 6) is 1.96. The van der Waals surface area contributed by atoms with Gasteiger partial charge in [0, 0.05) is 0 Å². The van der Waals surface area contributed by atoms with Gasteiger partial charge in [-0.15, -0.1) is 0 Å². The molecule has 2 aliphatic heterocycles. The summed E-state index contributed by atoms with van der Waals surface area (Å²) in [4.78, 5) is 0. The van der Waals surface area contributed by atoms with Crippen molar-refractivity contribution in [2.24, 2.45) is 17.8 Å². The Hall–Kier alpha value is -0.0800. The van der Waals surface area contributed by atoms with Crippen LogP contribution in [0, 0.1) is 17.8 Å². The summed E-state index contributed by atoms with van der Waals surface area (Å²) >= 11 is 0. The number of ether oxygens (including phenoxy) is 1. The maximum atomic E-state index is 10.00. The Morgan fingerprint density at radius 2 is 2.07 bits per heavy atom. The van der Waals surface area contributed by atoms with Crippen LogP contribution in [0.5, 0.6) is 0 Å². The summed E-state index contributed by atoms with van der Waals surface area (Å²) in [6, 6.07) is 0. The Morgan fingerprint density at radius 3 is 2.71 bits per heavy atom. The molecule has 4 rings (SSSR count). The molecule has 2 nitrogen and oxygen atoms in total. The van der Waals surface area contributed by atoms with Crippen LogP contribution >= 0.6 is 0 Å². The van der Waals surface area contributed by atoms with E-state index in [0.717, 1.165) is 18.8 Å². The van der Waals surface area contributed by atoms with Gasteiger partial charge in [-0.05, 0) is 43.4 Å². The molecule has 4 bridgehead atoms. The molecule has 1 N–H and O–H groups in total. The highest BCUT2D eigenvalue weighted by Gasteiger charge is 2.57. The van der Waals surface area contributed by atoms with Crippen LogP contribution in [0.3, 0.4) is 0 Å². The minimum atomic E-state index is -0.168. The number of rotatable bonds is 1. The van der Waals surface area contributed by atoms with Crippen LogP contribution in [-0.4, -0.2) is 22.9 Å². The van der Waals surface area contributed by atoms with Crippen LogP contribution in [0.4, 0.5) is 0 Å². The van der Waals surface area contributed by atoms with Crippen LogP contribution < -0.4 is 0 Å². The molecule has 2 aliphatic carbocycles. The molecule has 4 fully saturated rings. The van der Waals surface area contributed by atoms with E-state index >= 15 is 0 Å². The molecular formula is C12H20O2. The van der Waals surface area contributed by atoms with Crippen molar-refractivity contribution >= 4 is 0 Å². The molecule has 2 heterocycles. The summed E-state index contributed by atoms with van der Waals surface area (Å²) in [7, 11) is 0. The normalized spacial score (nSPS) is 55.7. The maximum Gasteiger partial charge on any atom is 0.0847 e. The van der Waals surface area contributed by atoms with Gasteiger partial charge in [0.05, 0.1) is 17.8 Å². The van der Waals surface area contributed by atoms with E-state index < -0.39 is 0 Å². The second-order valence-corrected chi connectivity index (χ2v) is 5.87. The molecule has 0 aromatic heterocycles. The first kappa shape index (κ1) is 9.17. The number of hydrogen-bond donors (Lipinski definition) is 1. The predicted molar refractivity (Wildman–Crippen MR) is 53.9 cm³/mol. The molecule has 1 unspecified atom stereocenters. The van der Waals surface area contributed by atoms with E-state index in [1.165, 1.54) is 12.8 Å². The Kier molecular flexibility index (Phi) is 1.79. The average molecular weight is 196 g/mol. The van der Waals surface area contributed by atoms with Gasteiger partial charge in [0.2, 0.25) is 0 Å². The van der Waals surface area contributed by atoms with Gasteiger partial charge in [0.1, 0.15) is 0 Å². The first-order valence-corrected chi connectivity index (χ1v) is 5.96. The fourth-order valence-electron chi connectivity index (χ4n) is 3.94. The van der Waals surface area contributed by atoms with Crippen molar-refractivity contribution in [2.45, 2.75) is 57.3 Å². The quantitative estimate of drug-likeness (QED) is 0.694. The molecule has 4 aliphatic rings. The number of hydrogen-bond acceptors (Lipinski definition) is 2. The lowest BCUT2D eigenvalue weighted by Crippen LogP contribution is -2.63. The van der Waals surface area contributed by atoms with Crippen LogP contribution in [0.15, 0.2) is 0 Å². The van der Waals surface area contributed by atoms with E-state index in [0.29, 0.717) is 11.8 Å². The second kappa shape index (κ2) is 2.73. The number of aliphatic hydroxyl groups is 1. The molecule has 0 amide bonds. The van der Waals surface area contributed by atoms with Crippen LogP contribution in [0.2, 0.25) is 0 Å². The minimum absolute atomic E-state index is 0.121. The van der Waals surface area contributed by atoms with Crippen molar-refractivity contribution < 1.29 is 9.84 Å². The lowest BCUT2D eigenvalue weighted by atomic mass is 9.58. The zero-order valence-electron chi connectivity index (χ0n) is 9.07. The lowest BCUT2D eigenvalue weighted by Gasteiger charge is -2.60. The van der Waals surface area contributed by atoms with Crippen LogP contribution in [0.1, 0.15) is 39.5 Å². The zero-order chi connectivity index (χ0) is 9.92.